The van der Waals surface area contributed by atoms with E-state index in [-0.39, 0.29) is 18.3 Å². The summed E-state index contributed by atoms with van der Waals surface area (Å²) < 4.78 is 12.4. The zero-order chi connectivity index (χ0) is 9.19. The molecule has 1 rings (SSSR count). The van der Waals surface area contributed by atoms with Crippen molar-refractivity contribution in [2.24, 2.45) is 0 Å². The molecule has 1 N–H and O–H groups in total. The molecule has 0 aromatic heterocycles. The van der Waals surface area contributed by atoms with Crippen LogP contribution in [0.3, 0.4) is 0 Å². The van der Waals surface area contributed by atoms with E-state index >= 15 is 0 Å². The number of nitrogens with one attached hydrogen (secondary N) is 1. The molecule has 1 heterocycles. The van der Waals surface area contributed by atoms with E-state index in [2.05, 4.69) is 31.0 Å². The Balaban J connectivity index is 2.46. The number of hydrogen-bond donors (Lipinski definition) is 1. The molecule has 1 aliphatic rings. The van der Waals surface area contributed by atoms with Gasteiger partial charge in [-0.05, 0) is 20.8 Å². The molecule has 0 saturated carbocycles. The molecule has 0 unspecified atom stereocenters. The first-order valence-electron chi connectivity index (χ1n) is 4.58. The average Bonchev–Trinajstić information content (AvgIpc) is 2.03. The monoisotopic (exact) mass is 174 g/mol. The van der Waals surface area contributed by atoms with Crippen molar-refractivity contribution in [1.82, 2.24) is 10.2 Å². The molecule has 72 valence electrons. The van der Waals surface area contributed by atoms with E-state index in [1.54, 1.807) is 0 Å². The topological polar surface area (TPSA) is 15.3 Å². The smallest absolute Gasteiger partial charge is 0.106 e. The summed E-state index contributed by atoms with van der Waals surface area (Å²) in [5.41, 5.74) is 0.176. The van der Waals surface area contributed by atoms with Crippen LogP contribution >= 0.6 is 0 Å². The van der Waals surface area contributed by atoms with Crippen molar-refractivity contribution in [3.05, 3.63) is 0 Å². The number of hydrogen-bond acceptors (Lipinski definition) is 2. The zero-order valence-electron chi connectivity index (χ0n) is 8.23. The fraction of sp³-hybridized carbons (Fsp3) is 1.00. The van der Waals surface area contributed by atoms with E-state index in [4.69, 9.17) is 0 Å². The fourth-order valence-electron chi connectivity index (χ4n) is 1.54. The van der Waals surface area contributed by atoms with Crippen LogP contribution in [0.2, 0.25) is 0 Å². The van der Waals surface area contributed by atoms with Crippen molar-refractivity contribution in [2.75, 3.05) is 26.3 Å². The maximum Gasteiger partial charge on any atom is 0.106 e. The molecule has 1 fully saturated rings. The summed E-state index contributed by atoms with van der Waals surface area (Å²) in [6, 6.07) is 0.0398. The molecule has 1 saturated heterocycles. The number of piperazine rings is 1. The minimum Gasteiger partial charge on any atom is -0.309 e. The second-order valence-corrected chi connectivity index (χ2v) is 4.42. The van der Waals surface area contributed by atoms with Gasteiger partial charge in [0.25, 0.3) is 0 Å². The number of nitrogens with zero attached hydrogens (tertiary/aromatic N) is 1. The molecule has 1 atom stereocenters. The van der Waals surface area contributed by atoms with E-state index in [9.17, 15) is 4.39 Å². The third-order valence-electron chi connectivity index (χ3n) is 2.39. The van der Waals surface area contributed by atoms with Crippen molar-refractivity contribution in [3.63, 3.8) is 0 Å². The average molecular weight is 174 g/mol. The van der Waals surface area contributed by atoms with Gasteiger partial charge in [0.1, 0.15) is 6.67 Å². The van der Waals surface area contributed by atoms with Crippen LogP contribution in [-0.2, 0) is 0 Å². The van der Waals surface area contributed by atoms with E-state index in [0.29, 0.717) is 0 Å². The first kappa shape index (κ1) is 9.93. The van der Waals surface area contributed by atoms with Gasteiger partial charge in [-0.1, -0.05) is 0 Å². The highest BCUT2D eigenvalue weighted by Crippen LogP contribution is 2.15. The van der Waals surface area contributed by atoms with Gasteiger partial charge in [-0.2, -0.15) is 0 Å². The van der Waals surface area contributed by atoms with Gasteiger partial charge in [-0.25, -0.2) is 4.39 Å². The van der Waals surface area contributed by atoms with Crippen molar-refractivity contribution < 1.29 is 4.39 Å². The lowest BCUT2D eigenvalue weighted by atomic mass is 10.0. The SMILES string of the molecule is CC(C)(C)N1CCN[C@H](CF)C1. The summed E-state index contributed by atoms with van der Waals surface area (Å²) in [5, 5.41) is 3.15. The summed E-state index contributed by atoms with van der Waals surface area (Å²) in [4.78, 5) is 2.33. The Labute approximate surface area is 74.1 Å². The van der Waals surface area contributed by atoms with Gasteiger partial charge < -0.3 is 5.32 Å². The second-order valence-electron chi connectivity index (χ2n) is 4.42. The molecule has 0 aromatic rings. The highest BCUT2D eigenvalue weighted by Gasteiger charge is 2.27. The molecule has 0 radical (unpaired) electrons. The van der Waals surface area contributed by atoms with Gasteiger partial charge in [-0.3, -0.25) is 4.90 Å². The summed E-state index contributed by atoms with van der Waals surface area (Å²) >= 11 is 0. The summed E-state index contributed by atoms with van der Waals surface area (Å²) in [6.07, 6.45) is 0. The van der Waals surface area contributed by atoms with Gasteiger partial charge in [0.15, 0.2) is 0 Å². The third-order valence-corrected chi connectivity index (χ3v) is 2.39. The highest BCUT2D eigenvalue weighted by atomic mass is 19.1. The molecule has 3 heteroatoms. The van der Waals surface area contributed by atoms with Gasteiger partial charge in [-0.15, -0.1) is 0 Å². The molecular formula is C9H19FN2. The van der Waals surface area contributed by atoms with Gasteiger partial charge >= 0.3 is 0 Å². The first-order valence-corrected chi connectivity index (χ1v) is 4.58. The molecule has 0 spiro atoms. The van der Waals surface area contributed by atoms with Crippen LogP contribution in [0.5, 0.6) is 0 Å². The molecule has 0 aromatic carbocycles. The molecule has 12 heavy (non-hydrogen) atoms. The lowest BCUT2D eigenvalue weighted by Crippen LogP contribution is -2.57. The minimum atomic E-state index is -0.257. The lowest BCUT2D eigenvalue weighted by molar-refractivity contribution is 0.0886. The van der Waals surface area contributed by atoms with Crippen molar-refractivity contribution in [3.8, 4) is 0 Å². The lowest BCUT2D eigenvalue weighted by Gasteiger charge is -2.41. The Morgan fingerprint density at radius 1 is 1.50 bits per heavy atom. The Morgan fingerprint density at radius 3 is 2.67 bits per heavy atom. The van der Waals surface area contributed by atoms with Gasteiger partial charge in [0.05, 0.1) is 0 Å². The van der Waals surface area contributed by atoms with Crippen LogP contribution < -0.4 is 5.32 Å². The Bertz CT molecular complexity index is 142. The fourth-order valence-corrected chi connectivity index (χ4v) is 1.54. The molecule has 0 amide bonds. The Hall–Kier alpha value is -0.150. The minimum absolute atomic E-state index is 0.0398. The molecule has 2 nitrogen and oxygen atoms in total. The quantitative estimate of drug-likeness (QED) is 0.638. The van der Waals surface area contributed by atoms with Crippen LogP contribution in [0.1, 0.15) is 20.8 Å². The van der Waals surface area contributed by atoms with Crippen LogP contribution in [-0.4, -0.2) is 42.8 Å². The van der Waals surface area contributed by atoms with E-state index in [0.717, 1.165) is 19.6 Å². The molecule has 1 aliphatic heterocycles. The Kier molecular flexibility index (Phi) is 3.07. The second kappa shape index (κ2) is 3.71. The normalized spacial score (nSPS) is 27.5. The number of rotatable bonds is 1. The van der Waals surface area contributed by atoms with Crippen LogP contribution in [0.4, 0.5) is 4.39 Å². The van der Waals surface area contributed by atoms with Gasteiger partial charge in [0, 0.05) is 31.2 Å². The summed E-state index contributed by atoms with van der Waals surface area (Å²) in [6.45, 7) is 9.03. The molecule has 0 bridgehead atoms. The summed E-state index contributed by atoms with van der Waals surface area (Å²) in [7, 11) is 0. The maximum absolute atomic E-state index is 12.4. The standard InChI is InChI=1S/C9H19FN2/c1-9(2,3)12-5-4-11-8(6-10)7-12/h8,11H,4-7H2,1-3H3/t8-/m1/s1. The van der Waals surface area contributed by atoms with Crippen molar-refractivity contribution in [1.29, 1.82) is 0 Å². The van der Waals surface area contributed by atoms with Gasteiger partial charge in [0.2, 0.25) is 0 Å². The largest absolute Gasteiger partial charge is 0.309 e. The number of alkyl halides is 1. The number of halogens is 1. The van der Waals surface area contributed by atoms with Crippen molar-refractivity contribution >= 4 is 0 Å². The Morgan fingerprint density at radius 2 is 2.17 bits per heavy atom. The highest BCUT2D eigenvalue weighted by molar-refractivity contribution is 4.85. The third kappa shape index (κ3) is 2.42. The predicted octanol–water partition coefficient (Wildman–Crippen LogP) is 1.03. The first-order chi connectivity index (χ1) is 5.54. The summed E-state index contributed by atoms with van der Waals surface area (Å²) in [5.74, 6) is 0. The van der Waals surface area contributed by atoms with Crippen LogP contribution in [0, 0.1) is 0 Å². The molecule has 0 aliphatic carbocycles. The predicted molar refractivity (Wildman–Crippen MR) is 49.1 cm³/mol. The van der Waals surface area contributed by atoms with E-state index < -0.39 is 0 Å². The zero-order valence-corrected chi connectivity index (χ0v) is 8.23. The van der Waals surface area contributed by atoms with Crippen LogP contribution in [0.25, 0.3) is 0 Å². The van der Waals surface area contributed by atoms with Crippen molar-refractivity contribution in [2.45, 2.75) is 32.4 Å². The molecular weight excluding hydrogens is 155 g/mol. The van der Waals surface area contributed by atoms with E-state index in [1.165, 1.54) is 0 Å². The van der Waals surface area contributed by atoms with E-state index in [1.807, 2.05) is 0 Å². The van der Waals surface area contributed by atoms with Crippen LogP contribution in [0.15, 0.2) is 0 Å². The maximum atomic E-state index is 12.4.